The second-order valence-electron chi connectivity index (χ2n) is 23.8. The monoisotopic (exact) mass is 1170 g/mol. The smallest absolute Gasteiger partial charge is 0.462 e. The Bertz CT molecular complexity index is 1710. The van der Waals surface area contributed by atoms with Crippen molar-refractivity contribution in [1.29, 1.82) is 0 Å². The van der Waals surface area contributed by atoms with Crippen LogP contribution in [-0.2, 0) is 32.7 Å². The Morgan fingerprint density at radius 3 is 0.976 bits per heavy atom. The first-order valence-electron chi connectivity index (χ1n) is 34.0. The van der Waals surface area contributed by atoms with Gasteiger partial charge in [0.2, 0.25) is 0 Å². The third-order valence-corrected chi connectivity index (χ3v) is 15.6. The molecular formula is C72H129NO8P+. The first-order chi connectivity index (χ1) is 40.0. The van der Waals surface area contributed by atoms with E-state index in [0.717, 1.165) is 83.5 Å². The number of carbonyl (C=O) groups excluding carboxylic acids is 2. The molecule has 0 aromatic rings. The molecule has 10 heteroatoms. The first-order valence-corrected chi connectivity index (χ1v) is 35.5. The van der Waals surface area contributed by atoms with Crippen LogP contribution in [0.25, 0.3) is 0 Å². The third kappa shape index (κ3) is 66.1. The van der Waals surface area contributed by atoms with E-state index in [2.05, 4.69) is 111 Å². The third-order valence-electron chi connectivity index (χ3n) is 14.6. The maximum atomic E-state index is 12.9. The Balaban J connectivity index is 4.04. The summed E-state index contributed by atoms with van der Waals surface area (Å²) in [7, 11) is 1.48. The molecule has 0 saturated heterocycles. The van der Waals surface area contributed by atoms with Gasteiger partial charge in [-0.15, -0.1) is 0 Å². The summed E-state index contributed by atoms with van der Waals surface area (Å²) in [5, 5.41) is 0. The highest BCUT2D eigenvalue weighted by atomic mass is 31.2. The number of phosphoric acid groups is 1. The summed E-state index contributed by atoms with van der Waals surface area (Å²) in [6, 6.07) is 0. The van der Waals surface area contributed by atoms with Gasteiger partial charge in [-0.3, -0.25) is 18.6 Å². The van der Waals surface area contributed by atoms with Gasteiger partial charge in [0, 0.05) is 12.8 Å². The molecule has 1 N–H and O–H groups in total. The fraction of sp³-hybridized carbons (Fsp3) is 0.750. The lowest BCUT2D eigenvalue weighted by Gasteiger charge is -2.24. The number of nitrogens with zero attached hydrogens (tertiary/aromatic N) is 1. The normalized spacial score (nSPS) is 13.8. The van der Waals surface area contributed by atoms with E-state index in [1.807, 2.05) is 21.1 Å². The van der Waals surface area contributed by atoms with Gasteiger partial charge >= 0.3 is 19.8 Å². The summed E-state index contributed by atoms with van der Waals surface area (Å²) < 4.78 is 34.7. The Kier molecular flexibility index (Phi) is 60.1. The van der Waals surface area contributed by atoms with Crippen molar-refractivity contribution < 1.29 is 42.1 Å². The predicted octanol–water partition coefficient (Wildman–Crippen LogP) is 21.9. The van der Waals surface area contributed by atoms with Gasteiger partial charge in [-0.05, 0) is 89.9 Å². The molecule has 0 aliphatic carbocycles. The van der Waals surface area contributed by atoms with E-state index >= 15 is 0 Å². The van der Waals surface area contributed by atoms with Crippen LogP contribution < -0.4 is 0 Å². The topological polar surface area (TPSA) is 108 Å². The second-order valence-corrected chi connectivity index (χ2v) is 25.3. The minimum atomic E-state index is -4.39. The van der Waals surface area contributed by atoms with Gasteiger partial charge < -0.3 is 18.9 Å². The van der Waals surface area contributed by atoms with E-state index in [-0.39, 0.29) is 32.0 Å². The molecule has 0 aliphatic heterocycles. The highest BCUT2D eigenvalue weighted by molar-refractivity contribution is 7.47. The number of quaternary nitrogens is 1. The number of allylic oxidation sites excluding steroid dienone is 16. The van der Waals surface area contributed by atoms with Crippen LogP contribution in [0.1, 0.15) is 296 Å². The molecule has 2 unspecified atom stereocenters. The molecule has 0 aliphatic rings. The fourth-order valence-electron chi connectivity index (χ4n) is 9.47. The lowest BCUT2D eigenvalue weighted by Crippen LogP contribution is -2.37. The number of ether oxygens (including phenoxy) is 2. The van der Waals surface area contributed by atoms with Crippen LogP contribution in [0.5, 0.6) is 0 Å². The van der Waals surface area contributed by atoms with Crippen LogP contribution in [0.15, 0.2) is 97.2 Å². The fourth-order valence-corrected chi connectivity index (χ4v) is 10.2. The van der Waals surface area contributed by atoms with E-state index in [0.29, 0.717) is 17.4 Å². The van der Waals surface area contributed by atoms with Gasteiger partial charge in [-0.1, -0.05) is 291 Å². The van der Waals surface area contributed by atoms with Crippen molar-refractivity contribution >= 4 is 19.8 Å². The summed E-state index contributed by atoms with van der Waals surface area (Å²) in [5.74, 6) is -0.789. The van der Waals surface area contributed by atoms with Crippen molar-refractivity contribution in [1.82, 2.24) is 0 Å². The summed E-state index contributed by atoms with van der Waals surface area (Å²) in [5.41, 5.74) is 0. The zero-order valence-electron chi connectivity index (χ0n) is 54.0. The average molecular weight is 1170 g/mol. The lowest BCUT2D eigenvalue weighted by molar-refractivity contribution is -0.870. The summed E-state index contributed by atoms with van der Waals surface area (Å²) in [4.78, 5) is 35.9. The van der Waals surface area contributed by atoms with Crippen molar-refractivity contribution in [3.63, 3.8) is 0 Å². The molecule has 0 spiro atoms. The quantitative estimate of drug-likeness (QED) is 0.0211. The van der Waals surface area contributed by atoms with Crippen LogP contribution in [0.3, 0.4) is 0 Å². The number of phosphoric ester groups is 1. The molecule has 0 rings (SSSR count). The lowest BCUT2D eigenvalue weighted by atomic mass is 10.0. The standard InChI is InChI=1S/C72H128NO8P/c1-6-8-10-12-14-16-18-20-22-24-26-28-30-32-34-35-36-37-39-41-43-45-47-49-51-53-55-57-59-61-63-65-72(75)81-70(69-80-82(76,77)79-67-66-73(3,4)5)68-78-71(74)64-62-60-58-56-54-52-50-48-46-44-42-40-38-33-31-29-27-25-23-21-19-17-15-13-11-9-7-2/h8-11,14-17,20-23,26-29,70H,6-7,12-13,18-19,24-25,30-69H2,1-5H3/p+1/b10-8-,11-9-,16-14-,17-15-,22-20-,23-21-,28-26-,29-27-. The second kappa shape index (κ2) is 62.5. The molecule has 474 valence electrons. The van der Waals surface area contributed by atoms with Crippen molar-refractivity contribution in [3.05, 3.63) is 97.2 Å². The van der Waals surface area contributed by atoms with Gasteiger partial charge in [-0.2, -0.15) is 0 Å². The van der Waals surface area contributed by atoms with Crippen LogP contribution in [0, 0.1) is 0 Å². The minimum Gasteiger partial charge on any atom is -0.462 e. The maximum absolute atomic E-state index is 12.9. The van der Waals surface area contributed by atoms with Crippen LogP contribution in [-0.4, -0.2) is 74.9 Å². The van der Waals surface area contributed by atoms with Crippen molar-refractivity contribution in [3.8, 4) is 0 Å². The molecule has 0 aromatic carbocycles. The highest BCUT2D eigenvalue weighted by Crippen LogP contribution is 2.43. The van der Waals surface area contributed by atoms with Gasteiger partial charge in [0.25, 0.3) is 0 Å². The molecule has 0 radical (unpaired) electrons. The Morgan fingerprint density at radius 1 is 0.378 bits per heavy atom. The Hall–Kier alpha value is -3.07. The maximum Gasteiger partial charge on any atom is 0.472 e. The molecule has 2 atom stereocenters. The summed E-state index contributed by atoms with van der Waals surface area (Å²) >= 11 is 0. The number of unbranched alkanes of at least 4 members (excludes halogenated alkanes) is 32. The van der Waals surface area contributed by atoms with Crippen molar-refractivity contribution in [2.24, 2.45) is 0 Å². The van der Waals surface area contributed by atoms with Gasteiger partial charge in [-0.25, -0.2) is 4.57 Å². The zero-order chi connectivity index (χ0) is 59.8. The minimum absolute atomic E-state index is 0.0299. The van der Waals surface area contributed by atoms with E-state index in [9.17, 15) is 19.0 Å². The molecular weight excluding hydrogens is 1040 g/mol. The predicted molar refractivity (Wildman–Crippen MR) is 353 cm³/mol. The molecule has 0 aromatic heterocycles. The van der Waals surface area contributed by atoms with Crippen LogP contribution in [0.4, 0.5) is 0 Å². The summed E-state index contributed by atoms with van der Waals surface area (Å²) in [6.45, 7) is 4.24. The highest BCUT2D eigenvalue weighted by Gasteiger charge is 2.27. The van der Waals surface area contributed by atoms with E-state index in [1.54, 1.807) is 0 Å². The first kappa shape index (κ1) is 78.9. The summed E-state index contributed by atoms with van der Waals surface area (Å²) in [6.07, 6.45) is 86.5. The Labute approximate surface area is 506 Å². The average Bonchev–Trinajstić information content (AvgIpc) is 3.46. The van der Waals surface area contributed by atoms with E-state index in [4.69, 9.17) is 18.5 Å². The van der Waals surface area contributed by atoms with Gasteiger partial charge in [0.05, 0.1) is 27.7 Å². The molecule has 0 heterocycles. The SMILES string of the molecule is CC/C=C\C/C=C\C/C=C\C/C=C\CCCCCCCCCCCCCCCCCCCCC(=O)OC(COC(=O)CCCCCCCCCCCCCCCC/C=C\C/C=C\C/C=C\C/C=C\CC)COP(=O)(O)OCC[N+](C)(C)C. The molecule has 0 bridgehead atoms. The molecule has 0 saturated carbocycles. The van der Waals surface area contributed by atoms with Crippen LogP contribution >= 0.6 is 7.82 Å². The number of esters is 2. The number of carbonyl (C=O) groups is 2. The van der Waals surface area contributed by atoms with Crippen molar-refractivity contribution in [2.45, 2.75) is 302 Å². The molecule has 0 amide bonds. The largest absolute Gasteiger partial charge is 0.472 e. The molecule has 82 heavy (non-hydrogen) atoms. The number of hydrogen-bond acceptors (Lipinski definition) is 7. The number of likely N-dealkylation sites (N-methyl/N-ethyl adjacent to an activating group) is 1. The molecule has 0 fully saturated rings. The van der Waals surface area contributed by atoms with Crippen LogP contribution in [0.2, 0.25) is 0 Å². The Morgan fingerprint density at radius 2 is 0.659 bits per heavy atom. The number of rotatable bonds is 62. The van der Waals surface area contributed by atoms with E-state index < -0.39 is 26.5 Å². The number of hydrogen-bond donors (Lipinski definition) is 1. The van der Waals surface area contributed by atoms with Gasteiger partial charge in [0.15, 0.2) is 6.10 Å². The van der Waals surface area contributed by atoms with E-state index in [1.165, 1.54) is 180 Å². The zero-order valence-corrected chi connectivity index (χ0v) is 54.8. The van der Waals surface area contributed by atoms with Crippen molar-refractivity contribution in [2.75, 3.05) is 47.5 Å². The molecule has 9 nitrogen and oxygen atoms in total. The van der Waals surface area contributed by atoms with Gasteiger partial charge in [0.1, 0.15) is 19.8 Å².